The van der Waals surface area contributed by atoms with Crippen LogP contribution in [0.1, 0.15) is 5.82 Å². The molecule has 0 bridgehead atoms. The summed E-state index contributed by atoms with van der Waals surface area (Å²) in [6.07, 6.45) is 1.37. The smallest absolute Gasteiger partial charge is 0.262 e. The Morgan fingerprint density at radius 2 is 2.36 bits per heavy atom. The molecule has 0 fully saturated rings. The number of anilines is 1. The van der Waals surface area contributed by atoms with E-state index in [-0.39, 0.29) is 24.6 Å². The fourth-order valence-electron chi connectivity index (χ4n) is 1.81. The molecule has 0 radical (unpaired) electrons. The number of carbonyl (C=O) groups excluding carboxylic acids is 1. The van der Waals surface area contributed by atoms with E-state index in [4.69, 9.17) is 4.74 Å². The van der Waals surface area contributed by atoms with Crippen molar-refractivity contribution in [3.8, 4) is 0 Å². The summed E-state index contributed by atoms with van der Waals surface area (Å²) in [6, 6.07) is 1.70. The number of rotatable bonds is 5. The quantitative estimate of drug-likeness (QED) is 0.748. The zero-order valence-corrected chi connectivity index (χ0v) is 13.1. The minimum atomic E-state index is -0.362. The van der Waals surface area contributed by atoms with Crippen LogP contribution in [0.4, 0.5) is 5.13 Å². The molecule has 8 nitrogen and oxygen atoms in total. The molecule has 3 aromatic heterocycles. The summed E-state index contributed by atoms with van der Waals surface area (Å²) in [5.41, 5.74) is -0.237. The molecule has 3 heterocycles. The van der Waals surface area contributed by atoms with Gasteiger partial charge in [-0.2, -0.15) is 4.37 Å². The second kappa shape index (κ2) is 6.30. The Labute approximate surface area is 132 Å². The van der Waals surface area contributed by atoms with Crippen LogP contribution < -0.4 is 10.9 Å². The summed E-state index contributed by atoms with van der Waals surface area (Å²) in [6.45, 7) is 0.154. The number of aromatic nitrogens is 4. The van der Waals surface area contributed by atoms with E-state index < -0.39 is 0 Å². The van der Waals surface area contributed by atoms with Gasteiger partial charge in [0.05, 0.1) is 11.7 Å². The number of nitrogens with one attached hydrogen (secondary N) is 1. The van der Waals surface area contributed by atoms with Crippen LogP contribution >= 0.6 is 22.9 Å². The highest BCUT2D eigenvalue weighted by molar-refractivity contribution is 7.16. The van der Waals surface area contributed by atoms with Gasteiger partial charge in [0.1, 0.15) is 18.0 Å². The highest BCUT2D eigenvalue weighted by Crippen LogP contribution is 2.14. The van der Waals surface area contributed by atoms with Gasteiger partial charge in [-0.25, -0.2) is 9.97 Å². The van der Waals surface area contributed by atoms with Gasteiger partial charge in [-0.3, -0.25) is 19.5 Å². The molecule has 0 unspecified atom stereocenters. The summed E-state index contributed by atoms with van der Waals surface area (Å²) < 4.78 is 10.2. The molecule has 22 heavy (non-hydrogen) atoms. The van der Waals surface area contributed by atoms with E-state index in [2.05, 4.69) is 19.7 Å². The Hall–Kier alpha value is -2.17. The monoisotopic (exact) mass is 337 g/mol. The third kappa shape index (κ3) is 3.03. The van der Waals surface area contributed by atoms with E-state index in [9.17, 15) is 9.59 Å². The normalized spacial score (nSPS) is 11.0. The molecule has 0 aliphatic carbocycles. The number of amides is 1. The standard InChI is InChI=1S/C12H11N5O3S2/c1-20-5-8-14-12(22-16-8)15-9(18)4-17-6-13-10-7(11(17)19)2-3-21-10/h2-3,6H,4-5H2,1H3,(H,14,15,16,18). The van der Waals surface area contributed by atoms with Crippen LogP contribution in [0.15, 0.2) is 22.6 Å². The molecule has 0 saturated heterocycles. The molecule has 1 amide bonds. The lowest BCUT2D eigenvalue weighted by Gasteiger charge is -2.04. The Balaban J connectivity index is 1.72. The minimum Gasteiger partial charge on any atom is -0.377 e. The van der Waals surface area contributed by atoms with Crippen LogP contribution in [0.2, 0.25) is 0 Å². The van der Waals surface area contributed by atoms with Gasteiger partial charge in [0.25, 0.3) is 5.56 Å². The van der Waals surface area contributed by atoms with Gasteiger partial charge in [0.2, 0.25) is 11.0 Å². The highest BCUT2D eigenvalue weighted by atomic mass is 32.1. The molecular weight excluding hydrogens is 326 g/mol. The lowest BCUT2D eigenvalue weighted by molar-refractivity contribution is -0.116. The number of carbonyl (C=O) groups is 1. The number of fused-ring (bicyclic) bond motifs is 1. The molecule has 3 aromatic rings. The Bertz CT molecular complexity index is 869. The second-order valence-corrected chi connectivity index (χ2v) is 5.96. The van der Waals surface area contributed by atoms with Crippen molar-refractivity contribution in [1.82, 2.24) is 18.9 Å². The van der Waals surface area contributed by atoms with Crippen molar-refractivity contribution in [2.75, 3.05) is 12.4 Å². The molecule has 1 N–H and O–H groups in total. The SMILES string of the molecule is COCc1nsc(NC(=O)Cn2cnc3sccc3c2=O)n1. The maximum Gasteiger partial charge on any atom is 0.262 e. The summed E-state index contributed by atoms with van der Waals surface area (Å²) in [7, 11) is 1.54. The third-order valence-corrected chi connectivity index (χ3v) is 4.24. The molecule has 0 aromatic carbocycles. The van der Waals surface area contributed by atoms with Crippen molar-refractivity contribution in [3.63, 3.8) is 0 Å². The van der Waals surface area contributed by atoms with E-state index in [0.29, 0.717) is 21.2 Å². The summed E-state index contributed by atoms with van der Waals surface area (Å²) >= 11 is 2.45. The van der Waals surface area contributed by atoms with E-state index in [1.807, 2.05) is 0 Å². The zero-order chi connectivity index (χ0) is 15.5. The van der Waals surface area contributed by atoms with E-state index in [0.717, 1.165) is 11.5 Å². The zero-order valence-electron chi connectivity index (χ0n) is 11.5. The molecule has 0 spiro atoms. The van der Waals surface area contributed by atoms with Gasteiger partial charge >= 0.3 is 0 Å². The van der Waals surface area contributed by atoms with Gasteiger partial charge in [0, 0.05) is 18.6 Å². The van der Waals surface area contributed by atoms with Gasteiger partial charge in [-0.05, 0) is 11.4 Å². The van der Waals surface area contributed by atoms with Crippen molar-refractivity contribution in [3.05, 3.63) is 34.0 Å². The second-order valence-electron chi connectivity index (χ2n) is 4.31. The van der Waals surface area contributed by atoms with Gasteiger partial charge in [-0.1, -0.05) is 0 Å². The number of hydrogen-bond acceptors (Lipinski definition) is 8. The molecular formula is C12H11N5O3S2. The number of hydrogen-bond donors (Lipinski definition) is 1. The number of thiophene rings is 1. The van der Waals surface area contributed by atoms with Gasteiger partial charge < -0.3 is 4.74 Å². The van der Waals surface area contributed by atoms with Crippen molar-refractivity contribution in [1.29, 1.82) is 0 Å². The Morgan fingerprint density at radius 1 is 1.50 bits per heavy atom. The molecule has 0 aliphatic heterocycles. The van der Waals surface area contributed by atoms with E-state index >= 15 is 0 Å². The maximum absolute atomic E-state index is 12.2. The van der Waals surface area contributed by atoms with Crippen LogP contribution in [0, 0.1) is 0 Å². The summed E-state index contributed by atoms with van der Waals surface area (Å²) in [4.78, 5) is 33.1. The van der Waals surface area contributed by atoms with E-state index in [1.165, 1.54) is 22.2 Å². The first-order valence-electron chi connectivity index (χ1n) is 6.21. The highest BCUT2D eigenvalue weighted by Gasteiger charge is 2.11. The average Bonchev–Trinajstić information content (AvgIpc) is 3.12. The maximum atomic E-state index is 12.2. The predicted molar refractivity (Wildman–Crippen MR) is 83.1 cm³/mol. The molecule has 10 heteroatoms. The van der Waals surface area contributed by atoms with Crippen LogP contribution in [0.25, 0.3) is 10.2 Å². The molecule has 0 atom stereocenters. The lowest BCUT2D eigenvalue weighted by Crippen LogP contribution is -2.27. The number of ether oxygens (including phenoxy) is 1. The largest absolute Gasteiger partial charge is 0.377 e. The Morgan fingerprint density at radius 3 is 3.18 bits per heavy atom. The first-order valence-corrected chi connectivity index (χ1v) is 7.86. The molecule has 0 saturated carbocycles. The van der Waals surface area contributed by atoms with Crippen molar-refractivity contribution < 1.29 is 9.53 Å². The van der Waals surface area contributed by atoms with Crippen molar-refractivity contribution >= 4 is 44.1 Å². The van der Waals surface area contributed by atoms with Crippen LogP contribution in [0.3, 0.4) is 0 Å². The van der Waals surface area contributed by atoms with Crippen LogP contribution in [-0.2, 0) is 22.7 Å². The summed E-state index contributed by atoms with van der Waals surface area (Å²) in [5, 5.41) is 5.28. The molecule has 114 valence electrons. The number of methoxy groups -OCH3 is 1. The number of nitrogens with zero attached hydrogens (tertiary/aromatic N) is 4. The summed E-state index contributed by atoms with van der Waals surface area (Å²) in [5.74, 6) is 0.139. The topological polar surface area (TPSA) is 99.0 Å². The average molecular weight is 337 g/mol. The van der Waals surface area contributed by atoms with Gasteiger partial charge in [0.15, 0.2) is 5.82 Å². The lowest BCUT2D eigenvalue weighted by atomic mass is 10.4. The first-order chi connectivity index (χ1) is 10.7. The van der Waals surface area contributed by atoms with Crippen molar-refractivity contribution in [2.45, 2.75) is 13.2 Å². The molecule has 3 rings (SSSR count). The first kappa shape index (κ1) is 14.8. The minimum absolute atomic E-state index is 0.128. The fraction of sp³-hybridized carbons (Fsp3) is 0.250. The molecule has 0 aliphatic rings. The third-order valence-electron chi connectivity index (χ3n) is 2.75. The van der Waals surface area contributed by atoms with Gasteiger partial charge in [-0.15, -0.1) is 11.3 Å². The predicted octanol–water partition coefficient (Wildman–Crippen LogP) is 1.09. The van der Waals surface area contributed by atoms with E-state index in [1.54, 1.807) is 18.6 Å². The van der Waals surface area contributed by atoms with Crippen molar-refractivity contribution in [2.24, 2.45) is 0 Å². The van der Waals surface area contributed by atoms with Crippen LogP contribution in [-0.4, -0.2) is 31.9 Å². The van der Waals surface area contributed by atoms with Crippen LogP contribution in [0.5, 0.6) is 0 Å². The Kier molecular flexibility index (Phi) is 4.22. The fourth-order valence-corrected chi connectivity index (χ4v) is 3.13.